The van der Waals surface area contributed by atoms with E-state index in [2.05, 4.69) is 28.9 Å². The molecule has 0 saturated heterocycles. The molecule has 0 saturated carbocycles. The minimum absolute atomic E-state index is 0.0585. The number of carbonyl (C=O) groups is 2. The van der Waals surface area contributed by atoms with Crippen LogP contribution >= 0.6 is 0 Å². The van der Waals surface area contributed by atoms with E-state index in [-0.39, 0.29) is 42.5 Å². The van der Waals surface area contributed by atoms with E-state index in [1.165, 1.54) is 24.3 Å². The summed E-state index contributed by atoms with van der Waals surface area (Å²) in [5, 5.41) is 11.6. The first-order chi connectivity index (χ1) is 19.4. The van der Waals surface area contributed by atoms with Gasteiger partial charge in [0, 0.05) is 30.7 Å². The molecule has 3 N–H and O–H groups in total. The van der Waals surface area contributed by atoms with Crippen LogP contribution in [0.3, 0.4) is 0 Å². The normalized spacial score (nSPS) is 18.9. The van der Waals surface area contributed by atoms with Gasteiger partial charge in [-0.3, -0.25) is 14.6 Å². The summed E-state index contributed by atoms with van der Waals surface area (Å²) in [4.78, 5) is 33.8. The van der Waals surface area contributed by atoms with Gasteiger partial charge >= 0.3 is 5.97 Å². The first kappa shape index (κ1) is 32.1. The van der Waals surface area contributed by atoms with Gasteiger partial charge in [0.25, 0.3) is 5.91 Å². The lowest BCUT2D eigenvalue weighted by Crippen LogP contribution is -2.32. The van der Waals surface area contributed by atoms with Gasteiger partial charge in [0.15, 0.2) is 5.76 Å². The number of aliphatic imine (C=N–C) groups is 1. The third-order valence-corrected chi connectivity index (χ3v) is 5.97. The van der Waals surface area contributed by atoms with Crippen LogP contribution in [0.1, 0.15) is 51.0 Å². The number of halogens is 2. The molecule has 2 atom stereocenters. The van der Waals surface area contributed by atoms with Gasteiger partial charge < -0.3 is 15.3 Å². The molecule has 1 aliphatic heterocycles. The molecule has 1 aromatic carbocycles. The van der Waals surface area contributed by atoms with Crippen molar-refractivity contribution < 1.29 is 28.3 Å². The lowest BCUT2D eigenvalue weighted by Gasteiger charge is -2.22. The topological polar surface area (TPSA) is 100 Å². The van der Waals surface area contributed by atoms with Gasteiger partial charge in [-0.15, -0.1) is 18.6 Å². The van der Waals surface area contributed by atoms with Crippen molar-refractivity contribution in [3.05, 3.63) is 102 Å². The number of amides is 1. The predicted molar refractivity (Wildman–Crippen MR) is 154 cm³/mol. The van der Waals surface area contributed by atoms with Gasteiger partial charge in [-0.2, -0.15) is 0 Å². The first-order valence-corrected chi connectivity index (χ1v) is 13.2. The summed E-state index contributed by atoms with van der Waals surface area (Å²) in [5.41, 5.74) is 4.66. The fourth-order valence-electron chi connectivity index (χ4n) is 3.99. The molecule has 40 heavy (non-hydrogen) atoms. The van der Waals surface area contributed by atoms with Crippen LogP contribution in [0.4, 0.5) is 8.78 Å². The Labute approximate surface area is 234 Å². The van der Waals surface area contributed by atoms with E-state index in [4.69, 9.17) is 9.94 Å². The Morgan fingerprint density at radius 3 is 2.67 bits per heavy atom. The van der Waals surface area contributed by atoms with Crippen molar-refractivity contribution in [1.29, 1.82) is 0 Å². The molecule has 214 valence electrons. The molecule has 1 aromatic rings. The zero-order chi connectivity index (χ0) is 29.3. The van der Waals surface area contributed by atoms with Crippen LogP contribution in [-0.4, -0.2) is 35.8 Å². The highest BCUT2D eigenvalue weighted by Gasteiger charge is 2.29. The fourth-order valence-corrected chi connectivity index (χ4v) is 3.99. The minimum Gasteiger partial charge on any atom is -0.481 e. The van der Waals surface area contributed by atoms with Crippen LogP contribution in [0.25, 0.3) is 5.76 Å². The lowest BCUT2D eigenvalue weighted by molar-refractivity contribution is -0.137. The molecule has 9 heteroatoms. The van der Waals surface area contributed by atoms with Crippen molar-refractivity contribution in [1.82, 2.24) is 10.8 Å². The van der Waals surface area contributed by atoms with Crippen LogP contribution in [0.15, 0.2) is 96.0 Å². The summed E-state index contributed by atoms with van der Waals surface area (Å²) in [5.74, 6) is -1.30. The second-order valence-electron chi connectivity index (χ2n) is 8.91. The minimum atomic E-state index is -0.833. The smallest absolute Gasteiger partial charge is 0.303 e. The molecule has 0 spiro atoms. The van der Waals surface area contributed by atoms with Crippen LogP contribution in [0, 0.1) is 11.7 Å². The number of nitrogens with one attached hydrogen (secondary N) is 2. The maximum atomic E-state index is 13.5. The molecule has 3 rings (SSSR count). The molecule has 2 aliphatic rings. The summed E-state index contributed by atoms with van der Waals surface area (Å²) in [6, 6.07) is 5.83. The number of unbranched alkanes of at least 4 members (excludes halogenated alkanes) is 2. The quantitative estimate of drug-likeness (QED) is 0.114. The summed E-state index contributed by atoms with van der Waals surface area (Å²) >= 11 is 0. The van der Waals surface area contributed by atoms with Gasteiger partial charge in [-0.1, -0.05) is 25.2 Å². The zero-order valence-corrected chi connectivity index (χ0v) is 22.7. The van der Waals surface area contributed by atoms with Crippen LogP contribution in [0.2, 0.25) is 0 Å². The van der Waals surface area contributed by atoms with Crippen LogP contribution in [0.5, 0.6) is 0 Å². The average Bonchev–Trinajstić information content (AvgIpc) is 3.45. The van der Waals surface area contributed by atoms with E-state index in [1.54, 1.807) is 24.4 Å². The van der Waals surface area contributed by atoms with Gasteiger partial charge in [-0.05, 0) is 74.6 Å². The van der Waals surface area contributed by atoms with Crippen LogP contribution < -0.4 is 10.8 Å². The second kappa shape index (κ2) is 17.5. The number of benzene rings is 1. The molecule has 1 amide bonds. The van der Waals surface area contributed by atoms with Crippen molar-refractivity contribution in [3.63, 3.8) is 0 Å². The number of carboxylic acid groups (broad SMARTS) is 1. The molecule has 0 radical (unpaired) electrons. The molecule has 0 fully saturated rings. The number of carbonyl (C=O) groups excluding carboxylic acids is 1. The molecule has 0 aromatic heterocycles. The maximum Gasteiger partial charge on any atom is 0.303 e. The van der Waals surface area contributed by atoms with E-state index >= 15 is 0 Å². The zero-order valence-electron chi connectivity index (χ0n) is 22.7. The van der Waals surface area contributed by atoms with Crippen LogP contribution in [-0.2, 0) is 14.4 Å². The number of aliphatic carboxylic acids is 1. The Morgan fingerprint density at radius 1 is 1.23 bits per heavy atom. The van der Waals surface area contributed by atoms with E-state index < -0.39 is 5.97 Å². The number of hydrogen-bond acceptors (Lipinski definition) is 5. The summed E-state index contributed by atoms with van der Waals surface area (Å²) in [6.45, 7) is 8.00. The second-order valence-corrected chi connectivity index (χ2v) is 8.91. The summed E-state index contributed by atoms with van der Waals surface area (Å²) < 4.78 is 26.8. The van der Waals surface area contributed by atoms with Crippen molar-refractivity contribution in [2.45, 2.75) is 51.5 Å². The Bertz CT molecular complexity index is 1180. The van der Waals surface area contributed by atoms with Gasteiger partial charge in [-0.25, -0.2) is 8.78 Å². The molecule has 1 aliphatic carbocycles. The monoisotopic (exact) mass is 553 g/mol. The Hall–Kier alpha value is -4.11. The van der Waals surface area contributed by atoms with Gasteiger partial charge in [0.1, 0.15) is 11.6 Å². The van der Waals surface area contributed by atoms with Gasteiger partial charge in [0.05, 0.1) is 17.3 Å². The van der Waals surface area contributed by atoms with E-state index in [1.807, 2.05) is 25.2 Å². The molecule has 2 unspecified atom stereocenters. The van der Waals surface area contributed by atoms with Crippen molar-refractivity contribution in [2.75, 3.05) is 6.54 Å². The highest BCUT2D eigenvalue weighted by molar-refractivity contribution is 5.98. The number of allylic oxidation sites excluding steroid dienone is 4. The van der Waals surface area contributed by atoms with Crippen molar-refractivity contribution >= 4 is 23.9 Å². The highest BCUT2D eigenvalue weighted by Crippen LogP contribution is 2.31. The first-order valence-electron chi connectivity index (χ1n) is 13.2. The molecule has 7 nitrogen and oxygen atoms in total. The van der Waals surface area contributed by atoms with Crippen molar-refractivity contribution in [3.8, 4) is 0 Å². The Morgan fingerprint density at radius 2 is 1.98 bits per heavy atom. The van der Waals surface area contributed by atoms with E-state index in [0.29, 0.717) is 49.1 Å². The third kappa shape index (κ3) is 10.6. The Kier molecular flexibility index (Phi) is 14.0. The maximum absolute atomic E-state index is 13.5. The van der Waals surface area contributed by atoms with E-state index in [0.717, 1.165) is 5.56 Å². The molecular formula is C31H37F2N3O4. The largest absolute Gasteiger partial charge is 0.481 e. The van der Waals surface area contributed by atoms with E-state index in [9.17, 15) is 18.4 Å². The van der Waals surface area contributed by atoms with Crippen molar-refractivity contribution in [2.24, 2.45) is 10.9 Å². The highest BCUT2D eigenvalue weighted by atomic mass is 19.1. The standard InChI is InChI=1S/C29H33F2N3O4.C2H4/c1-2-7-22(30)8-6-17-33-29(37)24-15-12-21(18-26(24)32-16-5-3-4-9-28(35)36)25-19-27(38-34-25)20-10-13-23(31)14-11-20;1-2/h6-8,10-11,13-16,18-19,21,25,34H,2-5,9,12,17H2,1H3,(H,33,37)(H,35,36);1-2H2/b8-6-,22-7+,32-16?;. The molecule has 1 heterocycles. The average molecular weight is 554 g/mol. The van der Waals surface area contributed by atoms with Gasteiger partial charge in [0.2, 0.25) is 0 Å². The number of hydroxylamine groups is 1. The number of carboxylic acids is 1. The molecular weight excluding hydrogens is 516 g/mol. The number of hydrogen-bond donors (Lipinski definition) is 3. The lowest BCUT2D eigenvalue weighted by atomic mass is 9.88. The fraction of sp³-hybridized carbons (Fsp3) is 0.323. The summed E-state index contributed by atoms with van der Waals surface area (Å²) in [7, 11) is 0. The third-order valence-electron chi connectivity index (χ3n) is 5.97. The molecule has 0 bridgehead atoms. The Balaban J connectivity index is 0.00000274. The summed E-state index contributed by atoms with van der Waals surface area (Å²) in [6.07, 6.45) is 14.7. The SMILES string of the molecule is C=C.CC/C=C(F)\C=C/CNC(=O)C1=CCC(C2C=C(c3ccc(F)cc3)ON2)C=C1N=CCCCCC(=O)O. The number of rotatable bonds is 13. The number of nitrogens with zero attached hydrogens (tertiary/aromatic N) is 1. The predicted octanol–water partition coefficient (Wildman–Crippen LogP) is 6.35.